The first-order valence-electron chi connectivity index (χ1n) is 7.89. The number of rotatable bonds is 2. The van der Waals surface area contributed by atoms with Crippen LogP contribution in [-0.2, 0) is 14.3 Å². The van der Waals surface area contributed by atoms with E-state index in [-0.39, 0.29) is 18.9 Å². The molecule has 3 rings (SSSR count). The Morgan fingerprint density at radius 2 is 2.00 bits per heavy atom. The van der Waals surface area contributed by atoms with Crippen LogP contribution in [0.2, 0.25) is 0 Å². The third kappa shape index (κ3) is 2.04. The third-order valence-corrected chi connectivity index (χ3v) is 4.57. The van der Waals surface area contributed by atoms with Gasteiger partial charge >= 0.3 is 6.09 Å². The zero-order valence-electron chi connectivity index (χ0n) is 13.9. The van der Waals surface area contributed by atoms with Crippen molar-refractivity contribution in [2.75, 3.05) is 11.6 Å². The van der Waals surface area contributed by atoms with Crippen LogP contribution >= 0.6 is 0 Å². The summed E-state index contributed by atoms with van der Waals surface area (Å²) < 4.78 is 5.01. The minimum Gasteiger partial charge on any atom is -0.449 e. The van der Waals surface area contributed by atoms with Gasteiger partial charge in [0.25, 0.3) is 5.91 Å². The van der Waals surface area contributed by atoms with Crippen molar-refractivity contribution >= 4 is 29.3 Å². The van der Waals surface area contributed by atoms with E-state index in [1.807, 2.05) is 6.07 Å². The number of nitrogens with zero attached hydrogens (tertiary/aromatic N) is 3. The first-order chi connectivity index (χ1) is 11.4. The standard InChI is InChI=1S/C17H19N3O4/c1-4-24-16(23)19-14(21)10-11(2)17(19)12(3)18-20(15(17)22)13-8-6-5-7-9-13/h5-9,11H,4,10H2,1-3H3/t11-,17-/m1/s1. The van der Waals surface area contributed by atoms with Crippen molar-refractivity contribution in [1.29, 1.82) is 0 Å². The number of carbonyl (C=O) groups excluding carboxylic acids is 3. The van der Waals surface area contributed by atoms with Gasteiger partial charge in [0.1, 0.15) is 0 Å². The number of carbonyl (C=O) groups is 3. The van der Waals surface area contributed by atoms with Crippen LogP contribution in [0.4, 0.5) is 10.5 Å². The lowest BCUT2D eigenvalue weighted by Crippen LogP contribution is -2.61. The number of hydrogen-bond acceptors (Lipinski definition) is 5. The van der Waals surface area contributed by atoms with Crippen molar-refractivity contribution in [3.05, 3.63) is 30.3 Å². The topological polar surface area (TPSA) is 79.3 Å². The number of hydrogen-bond donors (Lipinski definition) is 0. The van der Waals surface area contributed by atoms with Crippen molar-refractivity contribution in [3.63, 3.8) is 0 Å². The maximum atomic E-state index is 13.2. The summed E-state index contributed by atoms with van der Waals surface area (Å²) in [5.41, 5.74) is -0.393. The van der Waals surface area contributed by atoms with Gasteiger partial charge in [0.15, 0.2) is 5.54 Å². The van der Waals surface area contributed by atoms with Crippen LogP contribution in [-0.4, -0.2) is 40.7 Å². The van der Waals surface area contributed by atoms with E-state index in [4.69, 9.17) is 4.74 Å². The van der Waals surface area contributed by atoms with Crippen molar-refractivity contribution in [1.82, 2.24) is 4.90 Å². The van der Waals surface area contributed by atoms with Gasteiger partial charge in [-0.3, -0.25) is 9.59 Å². The monoisotopic (exact) mass is 329 g/mol. The number of benzene rings is 1. The molecule has 7 heteroatoms. The van der Waals surface area contributed by atoms with Crippen LogP contribution < -0.4 is 5.01 Å². The highest BCUT2D eigenvalue weighted by molar-refractivity contribution is 6.27. The third-order valence-electron chi connectivity index (χ3n) is 4.57. The molecular weight excluding hydrogens is 310 g/mol. The first-order valence-corrected chi connectivity index (χ1v) is 7.89. The van der Waals surface area contributed by atoms with E-state index in [0.717, 1.165) is 4.90 Å². The Morgan fingerprint density at radius 1 is 1.33 bits per heavy atom. The summed E-state index contributed by atoms with van der Waals surface area (Å²) in [6.07, 6.45) is -0.704. The molecule has 0 unspecified atom stereocenters. The Morgan fingerprint density at radius 3 is 2.62 bits per heavy atom. The predicted molar refractivity (Wildman–Crippen MR) is 87.4 cm³/mol. The molecule has 0 aromatic heterocycles. The first kappa shape index (κ1) is 16.2. The average molecular weight is 329 g/mol. The number of hydrazone groups is 1. The average Bonchev–Trinajstić information content (AvgIpc) is 2.97. The Bertz CT molecular complexity index is 731. The van der Waals surface area contributed by atoms with E-state index in [1.54, 1.807) is 45.0 Å². The smallest absolute Gasteiger partial charge is 0.417 e. The minimum atomic E-state index is -1.40. The molecule has 2 aliphatic heterocycles. The molecule has 0 bridgehead atoms. The Kier molecular flexibility index (Phi) is 3.87. The van der Waals surface area contributed by atoms with Gasteiger partial charge in [-0.05, 0) is 26.0 Å². The molecule has 0 aliphatic carbocycles. The number of amides is 3. The maximum Gasteiger partial charge on any atom is 0.417 e. The van der Waals surface area contributed by atoms with Crippen LogP contribution in [0, 0.1) is 5.92 Å². The lowest BCUT2D eigenvalue weighted by atomic mass is 9.82. The molecule has 2 heterocycles. The fourth-order valence-corrected chi connectivity index (χ4v) is 3.51. The highest BCUT2D eigenvalue weighted by Gasteiger charge is 2.65. The van der Waals surface area contributed by atoms with Gasteiger partial charge in [-0.2, -0.15) is 10.1 Å². The Labute approximate surface area is 139 Å². The largest absolute Gasteiger partial charge is 0.449 e. The van der Waals surface area contributed by atoms with Crippen LogP contribution in [0.25, 0.3) is 0 Å². The fraction of sp³-hybridized carbons (Fsp3) is 0.412. The number of ether oxygens (including phenoxy) is 1. The number of para-hydroxylation sites is 1. The molecule has 1 aromatic rings. The predicted octanol–water partition coefficient (Wildman–Crippen LogP) is 2.17. The molecule has 7 nitrogen and oxygen atoms in total. The van der Waals surface area contributed by atoms with Crippen LogP contribution in [0.5, 0.6) is 0 Å². The summed E-state index contributed by atoms with van der Waals surface area (Å²) in [6.45, 7) is 5.23. The summed E-state index contributed by atoms with van der Waals surface area (Å²) in [6, 6.07) is 8.94. The van der Waals surface area contributed by atoms with Gasteiger partial charge in [0, 0.05) is 12.3 Å². The second-order valence-electron chi connectivity index (χ2n) is 5.94. The molecule has 24 heavy (non-hydrogen) atoms. The van der Waals surface area contributed by atoms with Crippen molar-refractivity contribution < 1.29 is 19.1 Å². The van der Waals surface area contributed by atoms with Crippen molar-refractivity contribution in [2.45, 2.75) is 32.7 Å². The van der Waals surface area contributed by atoms with E-state index < -0.39 is 23.4 Å². The summed E-state index contributed by atoms with van der Waals surface area (Å²) in [5, 5.41) is 5.61. The molecule has 2 atom stereocenters. The van der Waals surface area contributed by atoms with Crippen molar-refractivity contribution in [3.8, 4) is 0 Å². The lowest BCUT2D eigenvalue weighted by molar-refractivity contribution is -0.134. The van der Waals surface area contributed by atoms with E-state index in [2.05, 4.69) is 5.10 Å². The van der Waals surface area contributed by atoms with Crippen LogP contribution in [0.3, 0.4) is 0 Å². The molecule has 1 spiro atoms. The van der Waals surface area contributed by atoms with Gasteiger partial charge in [0.2, 0.25) is 5.91 Å². The minimum absolute atomic E-state index is 0.0973. The molecule has 2 aliphatic rings. The molecule has 1 saturated heterocycles. The molecular formula is C17H19N3O4. The zero-order valence-corrected chi connectivity index (χ0v) is 13.9. The highest BCUT2D eigenvalue weighted by atomic mass is 16.6. The summed E-state index contributed by atoms with van der Waals surface area (Å²) in [4.78, 5) is 38.9. The Hall–Kier alpha value is -2.70. The summed E-state index contributed by atoms with van der Waals surface area (Å²) >= 11 is 0. The number of imide groups is 1. The second-order valence-corrected chi connectivity index (χ2v) is 5.94. The van der Waals surface area contributed by atoms with Crippen LogP contribution in [0.1, 0.15) is 27.2 Å². The summed E-state index contributed by atoms with van der Waals surface area (Å²) in [5.74, 6) is -1.20. The number of anilines is 1. The number of likely N-dealkylation sites (tertiary alicyclic amines) is 1. The summed E-state index contributed by atoms with van der Waals surface area (Å²) in [7, 11) is 0. The highest BCUT2D eigenvalue weighted by Crippen LogP contribution is 2.43. The van der Waals surface area contributed by atoms with Gasteiger partial charge in [-0.25, -0.2) is 9.69 Å². The van der Waals surface area contributed by atoms with E-state index in [0.29, 0.717) is 11.4 Å². The van der Waals surface area contributed by atoms with Gasteiger partial charge in [0.05, 0.1) is 18.0 Å². The molecule has 0 radical (unpaired) electrons. The van der Waals surface area contributed by atoms with Crippen LogP contribution in [0.15, 0.2) is 35.4 Å². The Balaban J connectivity index is 2.08. The fourth-order valence-electron chi connectivity index (χ4n) is 3.51. The normalized spacial score (nSPS) is 26.3. The van der Waals surface area contributed by atoms with E-state index in [9.17, 15) is 14.4 Å². The zero-order chi connectivity index (χ0) is 17.5. The van der Waals surface area contributed by atoms with Crippen molar-refractivity contribution in [2.24, 2.45) is 11.0 Å². The molecule has 1 aromatic carbocycles. The lowest BCUT2D eigenvalue weighted by Gasteiger charge is -2.34. The SMILES string of the molecule is CCOC(=O)N1C(=O)C[C@@H](C)[C@@]12C(=O)N(c1ccccc1)N=C2C. The molecule has 126 valence electrons. The molecule has 3 amide bonds. The quantitative estimate of drug-likeness (QED) is 0.833. The van der Waals surface area contributed by atoms with Gasteiger partial charge in [-0.15, -0.1) is 0 Å². The molecule has 0 saturated carbocycles. The molecule has 0 N–H and O–H groups in total. The van der Waals surface area contributed by atoms with E-state index >= 15 is 0 Å². The van der Waals surface area contributed by atoms with Gasteiger partial charge < -0.3 is 4.74 Å². The maximum absolute atomic E-state index is 13.2. The van der Waals surface area contributed by atoms with E-state index in [1.165, 1.54) is 5.01 Å². The second kappa shape index (κ2) is 5.74. The molecule has 1 fully saturated rings. The van der Waals surface area contributed by atoms with Gasteiger partial charge in [-0.1, -0.05) is 25.1 Å².